The number of aromatic nitrogens is 4. The van der Waals surface area contributed by atoms with Crippen molar-refractivity contribution in [2.75, 3.05) is 17.3 Å². The van der Waals surface area contributed by atoms with Crippen LogP contribution in [0.2, 0.25) is 0 Å². The molecule has 9 heteroatoms. The smallest absolute Gasteiger partial charge is 0.262 e. The summed E-state index contributed by atoms with van der Waals surface area (Å²) in [6.07, 6.45) is 2.10. The molecule has 0 unspecified atom stereocenters. The Kier molecular flexibility index (Phi) is 5.67. The van der Waals surface area contributed by atoms with Crippen molar-refractivity contribution in [1.29, 1.82) is 0 Å². The number of benzene rings is 1. The zero-order chi connectivity index (χ0) is 21.1. The number of carbonyl (C=O) groups is 2. The van der Waals surface area contributed by atoms with Crippen molar-refractivity contribution in [1.82, 2.24) is 19.7 Å². The SMILES string of the molecule is Cc1cc(F)c(C(=O)N(C)c2cccc(-c3nncn3C(C)C)n2)cc1NC=O. The van der Waals surface area contributed by atoms with E-state index < -0.39 is 11.7 Å². The van der Waals surface area contributed by atoms with Crippen LogP contribution in [0.5, 0.6) is 0 Å². The first-order chi connectivity index (χ1) is 13.8. The molecule has 1 aromatic carbocycles. The van der Waals surface area contributed by atoms with E-state index in [1.54, 1.807) is 31.5 Å². The van der Waals surface area contributed by atoms with Crippen LogP contribution in [0.3, 0.4) is 0 Å². The number of amides is 2. The predicted octanol–water partition coefficient (Wildman–Crippen LogP) is 3.21. The average Bonchev–Trinajstić information content (AvgIpc) is 3.19. The minimum atomic E-state index is -0.675. The molecule has 2 amide bonds. The highest BCUT2D eigenvalue weighted by Crippen LogP contribution is 2.24. The molecule has 0 fully saturated rings. The molecular weight excluding hydrogens is 375 g/mol. The fraction of sp³-hybridized carbons (Fsp3) is 0.250. The van der Waals surface area contributed by atoms with Crippen molar-refractivity contribution in [3.63, 3.8) is 0 Å². The largest absolute Gasteiger partial charge is 0.328 e. The van der Waals surface area contributed by atoms with Crippen molar-refractivity contribution >= 4 is 23.8 Å². The fourth-order valence-corrected chi connectivity index (χ4v) is 2.88. The lowest BCUT2D eigenvalue weighted by atomic mass is 10.1. The summed E-state index contributed by atoms with van der Waals surface area (Å²) in [5.41, 5.74) is 1.26. The standard InChI is InChI=1S/C20H21FN6O2/c1-12(2)27-10-23-25-19(27)16-6-5-7-18(24-16)26(4)20(29)14-9-17(22-11-28)13(3)8-15(14)21/h5-12H,1-4H3,(H,22,28). The third kappa shape index (κ3) is 3.98. The van der Waals surface area contributed by atoms with E-state index in [0.717, 1.165) is 0 Å². The molecule has 0 aliphatic rings. The van der Waals surface area contributed by atoms with Gasteiger partial charge in [0.2, 0.25) is 6.41 Å². The van der Waals surface area contributed by atoms with E-state index in [0.29, 0.717) is 35.0 Å². The first kappa shape index (κ1) is 20.1. The zero-order valence-electron chi connectivity index (χ0n) is 16.5. The molecule has 1 N–H and O–H groups in total. The highest BCUT2D eigenvalue weighted by Gasteiger charge is 2.21. The molecule has 0 spiro atoms. The van der Waals surface area contributed by atoms with Crippen LogP contribution in [-0.2, 0) is 4.79 Å². The third-order valence-electron chi connectivity index (χ3n) is 4.50. The maximum absolute atomic E-state index is 14.4. The highest BCUT2D eigenvalue weighted by molar-refractivity contribution is 6.06. The van der Waals surface area contributed by atoms with Crippen LogP contribution in [0.1, 0.15) is 35.8 Å². The highest BCUT2D eigenvalue weighted by atomic mass is 19.1. The number of nitrogens with zero attached hydrogens (tertiary/aromatic N) is 5. The van der Waals surface area contributed by atoms with Crippen molar-refractivity contribution in [2.45, 2.75) is 26.8 Å². The minimum Gasteiger partial charge on any atom is -0.328 e. The molecule has 0 saturated heterocycles. The van der Waals surface area contributed by atoms with Gasteiger partial charge < -0.3 is 9.88 Å². The van der Waals surface area contributed by atoms with Gasteiger partial charge in [0, 0.05) is 18.8 Å². The summed E-state index contributed by atoms with van der Waals surface area (Å²) in [4.78, 5) is 29.4. The van der Waals surface area contributed by atoms with Gasteiger partial charge in [0.15, 0.2) is 5.82 Å². The summed E-state index contributed by atoms with van der Waals surface area (Å²) in [5.74, 6) is -0.365. The van der Waals surface area contributed by atoms with Crippen LogP contribution < -0.4 is 10.2 Å². The second-order valence-electron chi connectivity index (χ2n) is 6.81. The van der Waals surface area contributed by atoms with Gasteiger partial charge in [-0.15, -0.1) is 10.2 Å². The Morgan fingerprint density at radius 1 is 1.31 bits per heavy atom. The normalized spacial score (nSPS) is 10.8. The van der Waals surface area contributed by atoms with Gasteiger partial charge in [-0.05, 0) is 50.6 Å². The number of hydrogen-bond donors (Lipinski definition) is 1. The fourth-order valence-electron chi connectivity index (χ4n) is 2.88. The van der Waals surface area contributed by atoms with Crippen molar-refractivity contribution in [3.8, 4) is 11.5 Å². The van der Waals surface area contributed by atoms with Gasteiger partial charge in [-0.2, -0.15) is 0 Å². The van der Waals surface area contributed by atoms with Crippen LogP contribution in [0.15, 0.2) is 36.7 Å². The maximum Gasteiger partial charge on any atom is 0.262 e. The average molecular weight is 396 g/mol. The van der Waals surface area contributed by atoms with E-state index in [2.05, 4.69) is 20.5 Å². The number of hydrogen-bond acceptors (Lipinski definition) is 5. The zero-order valence-corrected chi connectivity index (χ0v) is 16.5. The molecule has 0 radical (unpaired) electrons. The van der Waals surface area contributed by atoms with Gasteiger partial charge in [-0.25, -0.2) is 9.37 Å². The van der Waals surface area contributed by atoms with Crippen LogP contribution in [0.25, 0.3) is 11.5 Å². The Morgan fingerprint density at radius 3 is 2.76 bits per heavy atom. The van der Waals surface area contributed by atoms with Gasteiger partial charge in [0.1, 0.15) is 23.7 Å². The monoisotopic (exact) mass is 396 g/mol. The maximum atomic E-state index is 14.4. The summed E-state index contributed by atoms with van der Waals surface area (Å²) in [7, 11) is 1.51. The predicted molar refractivity (Wildman–Crippen MR) is 107 cm³/mol. The Labute approximate surface area is 167 Å². The van der Waals surface area contributed by atoms with Crippen LogP contribution >= 0.6 is 0 Å². The lowest BCUT2D eigenvalue weighted by Crippen LogP contribution is -2.28. The molecular formula is C20H21FN6O2. The quantitative estimate of drug-likeness (QED) is 0.646. The van der Waals surface area contributed by atoms with Crippen LogP contribution in [0, 0.1) is 12.7 Å². The number of aryl methyl sites for hydroxylation is 1. The van der Waals surface area contributed by atoms with E-state index in [-0.39, 0.29) is 11.6 Å². The number of anilines is 2. The Morgan fingerprint density at radius 2 is 2.07 bits per heavy atom. The van der Waals surface area contributed by atoms with Crippen molar-refractivity contribution in [2.24, 2.45) is 0 Å². The van der Waals surface area contributed by atoms with Crippen LogP contribution in [0.4, 0.5) is 15.9 Å². The second kappa shape index (κ2) is 8.17. The van der Waals surface area contributed by atoms with Crippen LogP contribution in [-0.4, -0.2) is 39.1 Å². The van der Waals surface area contributed by atoms with Crippen molar-refractivity contribution in [3.05, 3.63) is 53.6 Å². The van der Waals surface area contributed by atoms with E-state index >= 15 is 0 Å². The topological polar surface area (TPSA) is 93.0 Å². The van der Waals surface area contributed by atoms with Gasteiger partial charge in [-0.1, -0.05) is 6.07 Å². The van der Waals surface area contributed by atoms with E-state index in [1.807, 2.05) is 18.4 Å². The molecule has 8 nitrogen and oxygen atoms in total. The second-order valence-corrected chi connectivity index (χ2v) is 6.81. The van der Waals surface area contributed by atoms with Gasteiger partial charge in [-0.3, -0.25) is 14.5 Å². The minimum absolute atomic E-state index is 0.134. The Balaban J connectivity index is 1.96. The number of carbonyl (C=O) groups excluding carboxylic acids is 2. The first-order valence-corrected chi connectivity index (χ1v) is 8.98. The number of rotatable bonds is 6. The number of pyridine rings is 1. The molecule has 3 aromatic rings. The summed E-state index contributed by atoms with van der Waals surface area (Å²) < 4.78 is 16.3. The summed E-state index contributed by atoms with van der Waals surface area (Å²) in [6.45, 7) is 5.64. The Hall–Kier alpha value is -3.62. The summed E-state index contributed by atoms with van der Waals surface area (Å²) in [6, 6.07) is 7.82. The lowest BCUT2D eigenvalue weighted by Gasteiger charge is -2.18. The molecule has 2 aromatic heterocycles. The lowest BCUT2D eigenvalue weighted by molar-refractivity contribution is -0.105. The van der Waals surface area contributed by atoms with Gasteiger partial charge in [0.05, 0.1) is 5.56 Å². The number of nitrogens with one attached hydrogen (secondary N) is 1. The first-order valence-electron chi connectivity index (χ1n) is 8.98. The molecule has 0 bridgehead atoms. The molecule has 3 rings (SSSR count). The molecule has 150 valence electrons. The summed E-state index contributed by atoms with van der Waals surface area (Å²) >= 11 is 0. The Bertz CT molecular complexity index is 1060. The molecule has 0 atom stereocenters. The van der Waals surface area contributed by atoms with E-state index in [1.165, 1.54) is 24.1 Å². The van der Waals surface area contributed by atoms with Gasteiger partial charge in [0.25, 0.3) is 5.91 Å². The van der Waals surface area contributed by atoms with Crippen molar-refractivity contribution < 1.29 is 14.0 Å². The molecule has 0 aliphatic heterocycles. The summed E-state index contributed by atoms with van der Waals surface area (Å²) in [5, 5.41) is 10.5. The molecule has 29 heavy (non-hydrogen) atoms. The molecule has 2 heterocycles. The van der Waals surface area contributed by atoms with E-state index in [4.69, 9.17) is 0 Å². The number of halogens is 1. The molecule has 0 saturated carbocycles. The van der Waals surface area contributed by atoms with Gasteiger partial charge >= 0.3 is 0 Å². The third-order valence-corrected chi connectivity index (χ3v) is 4.50. The molecule has 0 aliphatic carbocycles. The van der Waals surface area contributed by atoms with E-state index in [9.17, 15) is 14.0 Å².